The summed E-state index contributed by atoms with van der Waals surface area (Å²) >= 11 is 0. The number of likely N-dealkylation sites (N-methyl/N-ethyl adjacent to an activating group) is 1. The van der Waals surface area contributed by atoms with E-state index in [9.17, 15) is 54.0 Å². The molecule has 1 aliphatic heterocycles. The summed E-state index contributed by atoms with van der Waals surface area (Å²) in [6.07, 6.45) is -0.756. The van der Waals surface area contributed by atoms with E-state index in [0.29, 0.717) is 12.8 Å². The summed E-state index contributed by atoms with van der Waals surface area (Å²) < 4.78 is 0. The Labute approximate surface area is 313 Å². The van der Waals surface area contributed by atoms with E-state index < -0.39 is 110 Å². The molecule has 8 atom stereocenters. The molecule has 0 aromatic heterocycles. The van der Waals surface area contributed by atoms with Gasteiger partial charge in [0.2, 0.25) is 41.4 Å². The molecule has 1 fully saturated rings. The number of nitrogens with one attached hydrogen (secondary N) is 6. The van der Waals surface area contributed by atoms with E-state index in [4.69, 9.17) is 11.5 Å². The minimum atomic E-state index is -1.63. The summed E-state index contributed by atoms with van der Waals surface area (Å²) in [7, 11) is 1.17. The maximum Gasteiger partial charge on any atom is 0.246 e. The van der Waals surface area contributed by atoms with Gasteiger partial charge >= 0.3 is 0 Å². The second kappa shape index (κ2) is 23.1. The first-order valence-electron chi connectivity index (χ1n) is 17.7. The summed E-state index contributed by atoms with van der Waals surface area (Å²) in [4.78, 5) is 91.6. The van der Waals surface area contributed by atoms with Crippen LogP contribution in [0.2, 0.25) is 0 Å². The molecule has 0 spiro atoms. The number of aliphatic hydroxyl groups is 4. The van der Waals surface area contributed by atoms with Crippen LogP contribution in [0.4, 0.5) is 0 Å². The Balaban J connectivity index is 2.26. The number of aliphatic hydroxyl groups excluding tert-OH is 4. The summed E-state index contributed by atoms with van der Waals surface area (Å²) in [6, 6.07) is -0.177. The Morgan fingerprint density at radius 1 is 0.944 bits per heavy atom. The number of nitrogens with zero attached hydrogens (tertiary/aromatic N) is 1. The topological polar surface area (TPSA) is 328 Å². The van der Waals surface area contributed by atoms with Crippen LogP contribution >= 0.6 is 0 Å². The Bertz CT molecular complexity index is 1420. The van der Waals surface area contributed by atoms with Gasteiger partial charge in [-0.1, -0.05) is 30.3 Å². The van der Waals surface area contributed by atoms with Gasteiger partial charge in [-0.3, -0.25) is 33.6 Å². The highest BCUT2D eigenvalue weighted by atomic mass is 16.3. The van der Waals surface area contributed by atoms with Crippen molar-refractivity contribution in [1.82, 2.24) is 36.8 Å². The van der Waals surface area contributed by atoms with Gasteiger partial charge in [0.25, 0.3) is 0 Å². The number of primary amides is 1. The fourth-order valence-corrected chi connectivity index (χ4v) is 5.68. The molecule has 54 heavy (non-hydrogen) atoms. The molecule has 1 saturated heterocycles. The molecule has 14 N–H and O–H groups in total. The van der Waals surface area contributed by atoms with E-state index in [1.807, 2.05) is 0 Å². The van der Waals surface area contributed by atoms with Crippen molar-refractivity contribution in [2.45, 2.75) is 93.8 Å². The van der Waals surface area contributed by atoms with Gasteiger partial charge in [0.15, 0.2) is 0 Å². The van der Waals surface area contributed by atoms with E-state index in [2.05, 4.69) is 31.9 Å². The second-order valence-corrected chi connectivity index (χ2v) is 13.1. The third-order valence-electron chi connectivity index (χ3n) is 8.81. The van der Waals surface area contributed by atoms with Crippen LogP contribution in [-0.2, 0) is 40.0 Å². The summed E-state index contributed by atoms with van der Waals surface area (Å²) in [5.74, 6) is -5.64. The molecule has 2 rings (SSSR count). The summed E-state index contributed by atoms with van der Waals surface area (Å²) in [5, 5.41) is 55.4. The first kappa shape index (κ1) is 45.4. The van der Waals surface area contributed by atoms with Crippen molar-refractivity contribution in [2.24, 2.45) is 11.5 Å². The first-order valence-corrected chi connectivity index (χ1v) is 17.7. The van der Waals surface area contributed by atoms with Crippen LogP contribution in [0.25, 0.3) is 0 Å². The number of amides is 7. The lowest BCUT2D eigenvalue weighted by molar-refractivity contribution is -0.146. The number of rotatable bonds is 14. The molecule has 1 unspecified atom stereocenters. The second-order valence-electron chi connectivity index (χ2n) is 13.1. The average molecular weight is 766 g/mol. The Kier molecular flexibility index (Phi) is 19.5. The molecule has 20 heteroatoms. The first-order chi connectivity index (χ1) is 25.6. The summed E-state index contributed by atoms with van der Waals surface area (Å²) in [5.41, 5.74) is 11.8. The SMILES string of the molecule is CC(O)[C@H]1C(=O)N[C@@H](CO)C(=O)N[C@H](CN[C@@H](CO)C(=O)N[C@@H](Cc2ccccc2)C(N)=O)CCCCNC(=O)CC[C@H](NC(=O)[C@@H](N)CO)C(=O)N1C. The maximum absolute atomic E-state index is 13.6. The fourth-order valence-electron chi connectivity index (χ4n) is 5.68. The minimum Gasteiger partial charge on any atom is -0.394 e. The van der Waals surface area contributed by atoms with Gasteiger partial charge in [-0.15, -0.1) is 0 Å². The molecule has 0 aliphatic carbocycles. The van der Waals surface area contributed by atoms with Crippen molar-refractivity contribution in [3.8, 4) is 0 Å². The third kappa shape index (κ3) is 14.6. The number of carbonyl (C=O) groups is 7. The van der Waals surface area contributed by atoms with Crippen LogP contribution in [0.1, 0.15) is 44.6 Å². The third-order valence-corrected chi connectivity index (χ3v) is 8.81. The van der Waals surface area contributed by atoms with Crippen LogP contribution in [-0.4, -0.2) is 155 Å². The molecule has 302 valence electrons. The number of benzene rings is 1. The van der Waals surface area contributed by atoms with Gasteiger partial charge in [-0.05, 0) is 38.2 Å². The van der Waals surface area contributed by atoms with Crippen molar-refractivity contribution >= 4 is 41.4 Å². The van der Waals surface area contributed by atoms with Gasteiger partial charge in [0.05, 0.1) is 25.9 Å². The molecule has 0 radical (unpaired) electrons. The molecule has 1 aliphatic rings. The molecule has 1 aromatic rings. The molecule has 0 bridgehead atoms. The molecular formula is C34H55N9O11. The monoisotopic (exact) mass is 765 g/mol. The number of carbonyl (C=O) groups excluding carboxylic acids is 7. The highest BCUT2D eigenvalue weighted by Gasteiger charge is 2.37. The van der Waals surface area contributed by atoms with Crippen molar-refractivity contribution in [2.75, 3.05) is 40.0 Å². The standard InChI is InChI=1S/C34H55N9O11/c1-19(47)28-33(53)42-26(18-46)32(52)39-21(15-38-25(17-45)31(51)41-24(29(36)49)14-20-8-4-3-5-9-20)10-6-7-13-37-27(48)12-11-23(34(54)43(28)2)40-30(50)22(35)16-44/h3-5,8-9,19,21-26,28,38,44-47H,6-7,10-18,35H2,1-2H3,(H2,36,49)(H,37,48)(H,39,52)(H,40,50)(H,41,51)(H,42,53)/t19?,21-,22-,23-,24-,25-,26-,28-/m0/s1. The van der Waals surface area contributed by atoms with Crippen molar-refractivity contribution < 1.29 is 54.0 Å². The zero-order valence-electron chi connectivity index (χ0n) is 30.5. The van der Waals surface area contributed by atoms with Crippen LogP contribution in [0.5, 0.6) is 0 Å². The van der Waals surface area contributed by atoms with Crippen LogP contribution in [0.3, 0.4) is 0 Å². The molecule has 7 amide bonds. The molecular weight excluding hydrogens is 710 g/mol. The maximum atomic E-state index is 13.6. The molecule has 1 heterocycles. The fraction of sp³-hybridized carbons (Fsp3) is 0.618. The van der Waals surface area contributed by atoms with Gasteiger partial charge in [0, 0.05) is 39.0 Å². The number of hydrogen-bond donors (Lipinski definition) is 12. The zero-order valence-corrected chi connectivity index (χ0v) is 30.5. The number of nitrogens with two attached hydrogens (primary N) is 2. The van der Waals surface area contributed by atoms with E-state index in [1.165, 1.54) is 14.0 Å². The largest absolute Gasteiger partial charge is 0.394 e. The Morgan fingerprint density at radius 3 is 2.22 bits per heavy atom. The Hall–Kier alpha value is -4.73. The highest BCUT2D eigenvalue weighted by molar-refractivity contribution is 5.95. The van der Waals surface area contributed by atoms with Crippen molar-refractivity contribution in [3.63, 3.8) is 0 Å². The van der Waals surface area contributed by atoms with Crippen molar-refractivity contribution in [3.05, 3.63) is 35.9 Å². The lowest BCUT2D eigenvalue weighted by Gasteiger charge is -2.33. The van der Waals surface area contributed by atoms with Crippen LogP contribution in [0, 0.1) is 0 Å². The molecule has 1 aromatic carbocycles. The van der Waals surface area contributed by atoms with E-state index in [0.717, 1.165) is 10.5 Å². The smallest absolute Gasteiger partial charge is 0.246 e. The predicted octanol–water partition coefficient (Wildman–Crippen LogP) is -5.80. The van der Waals surface area contributed by atoms with Crippen LogP contribution < -0.4 is 43.4 Å². The minimum absolute atomic E-state index is 0.0939. The van der Waals surface area contributed by atoms with Gasteiger partial charge < -0.3 is 68.7 Å². The molecule has 20 nitrogen and oxygen atoms in total. The number of hydrogen-bond acceptors (Lipinski definition) is 13. The van der Waals surface area contributed by atoms with Crippen molar-refractivity contribution in [1.29, 1.82) is 0 Å². The lowest BCUT2D eigenvalue weighted by Crippen LogP contribution is -2.62. The van der Waals surface area contributed by atoms with E-state index in [1.54, 1.807) is 30.3 Å². The van der Waals surface area contributed by atoms with Gasteiger partial charge in [-0.2, -0.15) is 0 Å². The predicted molar refractivity (Wildman–Crippen MR) is 192 cm³/mol. The highest BCUT2D eigenvalue weighted by Crippen LogP contribution is 2.11. The zero-order chi connectivity index (χ0) is 40.4. The quantitative estimate of drug-likeness (QED) is 0.0841. The average Bonchev–Trinajstić information content (AvgIpc) is 3.14. The van der Waals surface area contributed by atoms with Gasteiger partial charge in [0.1, 0.15) is 36.3 Å². The van der Waals surface area contributed by atoms with Gasteiger partial charge in [-0.25, -0.2) is 0 Å². The normalized spacial score (nSPS) is 23.3. The Morgan fingerprint density at radius 2 is 1.63 bits per heavy atom. The van der Waals surface area contributed by atoms with Crippen LogP contribution in [0.15, 0.2) is 30.3 Å². The van der Waals surface area contributed by atoms with E-state index >= 15 is 0 Å². The molecule has 0 saturated carbocycles. The summed E-state index contributed by atoms with van der Waals surface area (Å²) in [6.45, 7) is -0.986. The van der Waals surface area contributed by atoms with E-state index in [-0.39, 0.29) is 38.8 Å². The lowest BCUT2D eigenvalue weighted by atomic mass is 10.0.